The van der Waals surface area contributed by atoms with Crippen molar-refractivity contribution in [3.8, 4) is 0 Å². The fraction of sp³-hybridized carbons (Fsp3) is 0.941. The molecule has 2 rings (SSSR count). The first-order chi connectivity index (χ1) is 11.4. The van der Waals surface area contributed by atoms with E-state index in [1.807, 2.05) is 0 Å². The van der Waals surface area contributed by atoms with Crippen molar-refractivity contribution in [1.29, 1.82) is 0 Å². The Labute approximate surface area is 146 Å². The number of likely N-dealkylation sites (tertiary alicyclic amines) is 1. The van der Waals surface area contributed by atoms with Gasteiger partial charge in [-0.25, -0.2) is 13.1 Å². The highest BCUT2D eigenvalue weighted by atomic mass is 32.2. The Hall–Kier alpha value is -0.660. The van der Waals surface area contributed by atoms with Crippen LogP contribution in [0.25, 0.3) is 0 Å². The molecule has 24 heavy (non-hydrogen) atoms. The number of hydrogen-bond donors (Lipinski definition) is 2. The molecule has 1 saturated carbocycles. The zero-order valence-corrected chi connectivity index (χ0v) is 15.9. The van der Waals surface area contributed by atoms with E-state index in [2.05, 4.69) is 23.9 Å². The van der Waals surface area contributed by atoms with E-state index < -0.39 is 15.8 Å². The smallest absolute Gasteiger partial charge is 0.239 e. The predicted molar refractivity (Wildman–Crippen MR) is 96.2 cm³/mol. The lowest BCUT2D eigenvalue weighted by Gasteiger charge is -2.32. The number of carbonyl (C=O) groups excluding carboxylic acids is 1. The molecule has 0 aromatic rings. The number of rotatable bonds is 7. The van der Waals surface area contributed by atoms with Crippen LogP contribution in [0.3, 0.4) is 0 Å². The number of hydrogen-bond acceptors (Lipinski definition) is 4. The van der Waals surface area contributed by atoms with Crippen molar-refractivity contribution in [2.45, 2.75) is 58.4 Å². The molecule has 0 unspecified atom stereocenters. The van der Waals surface area contributed by atoms with Gasteiger partial charge in [0, 0.05) is 19.1 Å². The van der Waals surface area contributed by atoms with Crippen LogP contribution >= 0.6 is 0 Å². The molecule has 2 aliphatic rings. The van der Waals surface area contributed by atoms with E-state index >= 15 is 0 Å². The molecule has 6 nitrogen and oxygen atoms in total. The SMILES string of the molecule is CCNCC1CCN(C(=O)CS(=O)(=O)NC2CCC(C)CC2)CC1. The lowest BCUT2D eigenvalue weighted by Crippen LogP contribution is -2.46. The third kappa shape index (κ3) is 6.33. The minimum Gasteiger partial charge on any atom is -0.342 e. The lowest BCUT2D eigenvalue weighted by atomic mass is 9.88. The van der Waals surface area contributed by atoms with Gasteiger partial charge in [0.25, 0.3) is 0 Å². The van der Waals surface area contributed by atoms with E-state index in [4.69, 9.17) is 0 Å². The minimum atomic E-state index is -3.53. The molecule has 2 fully saturated rings. The third-order valence-electron chi connectivity index (χ3n) is 5.33. The van der Waals surface area contributed by atoms with Crippen LogP contribution < -0.4 is 10.0 Å². The van der Waals surface area contributed by atoms with Crippen LogP contribution in [0.15, 0.2) is 0 Å². The molecule has 0 spiro atoms. The van der Waals surface area contributed by atoms with Crippen LogP contribution in [0.5, 0.6) is 0 Å². The van der Waals surface area contributed by atoms with Gasteiger partial charge < -0.3 is 10.2 Å². The maximum Gasteiger partial charge on any atom is 0.239 e. The average molecular weight is 360 g/mol. The molecule has 0 atom stereocenters. The Morgan fingerprint density at radius 1 is 1.08 bits per heavy atom. The number of sulfonamides is 1. The Bertz CT molecular complexity index is 493. The molecule has 0 aromatic carbocycles. The highest BCUT2D eigenvalue weighted by molar-refractivity contribution is 7.90. The Balaban J connectivity index is 1.75. The molecule has 140 valence electrons. The van der Waals surface area contributed by atoms with E-state index in [1.54, 1.807) is 4.90 Å². The summed E-state index contributed by atoms with van der Waals surface area (Å²) in [5.41, 5.74) is 0. The number of carbonyl (C=O) groups is 1. The third-order valence-corrected chi connectivity index (χ3v) is 6.65. The van der Waals surface area contributed by atoms with Gasteiger partial charge in [0.05, 0.1) is 0 Å². The van der Waals surface area contributed by atoms with E-state index in [0.29, 0.717) is 24.9 Å². The molecular formula is C17H33N3O3S. The van der Waals surface area contributed by atoms with Crippen LogP contribution in [0.1, 0.15) is 52.4 Å². The van der Waals surface area contributed by atoms with Gasteiger partial charge in [-0.05, 0) is 63.5 Å². The van der Waals surface area contributed by atoms with E-state index in [1.165, 1.54) is 0 Å². The van der Waals surface area contributed by atoms with Crippen molar-refractivity contribution in [3.63, 3.8) is 0 Å². The van der Waals surface area contributed by atoms with Gasteiger partial charge in [0.1, 0.15) is 5.75 Å². The second-order valence-corrected chi connectivity index (χ2v) is 9.22. The number of piperidine rings is 1. The average Bonchev–Trinajstić information content (AvgIpc) is 2.55. The van der Waals surface area contributed by atoms with Crippen LogP contribution in [0, 0.1) is 11.8 Å². The van der Waals surface area contributed by atoms with Crippen molar-refractivity contribution in [2.24, 2.45) is 11.8 Å². The first-order valence-electron chi connectivity index (χ1n) is 9.38. The zero-order valence-electron chi connectivity index (χ0n) is 15.1. The Morgan fingerprint density at radius 3 is 2.29 bits per heavy atom. The van der Waals surface area contributed by atoms with Crippen LogP contribution in [0.2, 0.25) is 0 Å². The first-order valence-corrected chi connectivity index (χ1v) is 11.0. The number of amides is 1. The van der Waals surface area contributed by atoms with E-state index in [0.717, 1.165) is 51.6 Å². The molecule has 1 aliphatic heterocycles. The summed E-state index contributed by atoms with van der Waals surface area (Å²) in [5, 5.41) is 3.34. The van der Waals surface area contributed by atoms with Crippen LogP contribution in [-0.4, -0.2) is 57.2 Å². The minimum absolute atomic E-state index is 0.00449. The summed E-state index contributed by atoms with van der Waals surface area (Å²) < 4.78 is 27.3. The zero-order chi connectivity index (χ0) is 17.6. The summed E-state index contributed by atoms with van der Waals surface area (Å²) in [7, 11) is -3.53. The van der Waals surface area contributed by atoms with Gasteiger partial charge in [-0.1, -0.05) is 13.8 Å². The molecule has 1 amide bonds. The second kappa shape index (κ2) is 9.15. The highest BCUT2D eigenvalue weighted by Gasteiger charge is 2.28. The summed E-state index contributed by atoms with van der Waals surface area (Å²) in [6.07, 6.45) is 5.77. The summed E-state index contributed by atoms with van der Waals surface area (Å²) in [6.45, 7) is 7.58. The van der Waals surface area contributed by atoms with Crippen LogP contribution in [0.4, 0.5) is 0 Å². The van der Waals surface area contributed by atoms with Gasteiger partial charge in [-0.2, -0.15) is 0 Å². The van der Waals surface area contributed by atoms with E-state index in [9.17, 15) is 13.2 Å². The van der Waals surface area contributed by atoms with Gasteiger partial charge in [-0.3, -0.25) is 4.79 Å². The summed E-state index contributed by atoms with van der Waals surface area (Å²) in [5.74, 6) is 0.606. The first kappa shape index (κ1) is 19.7. The van der Waals surface area contributed by atoms with Gasteiger partial charge >= 0.3 is 0 Å². The molecule has 1 saturated heterocycles. The molecule has 1 aliphatic carbocycles. The van der Waals surface area contributed by atoms with Crippen molar-refractivity contribution >= 4 is 15.9 Å². The monoisotopic (exact) mass is 359 g/mol. The quantitative estimate of drug-likeness (QED) is 0.719. The number of nitrogens with one attached hydrogen (secondary N) is 2. The van der Waals surface area contributed by atoms with E-state index in [-0.39, 0.29) is 11.9 Å². The van der Waals surface area contributed by atoms with Crippen molar-refractivity contribution in [3.05, 3.63) is 0 Å². The molecular weight excluding hydrogens is 326 g/mol. The molecule has 0 radical (unpaired) electrons. The predicted octanol–water partition coefficient (Wildman–Crippen LogP) is 1.33. The molecule has 1 heterocycles. The summed E-state index contributed by atoms with van der Waals surface area (Å²) >= 11 is 0. The normalized spacial score (nSPS) is 26.5. The van der Waals surface area contributed by atoms with Crippen LogP contribution in [-0.2, 0) is 14.8 Å². The van der Waals surface area contributed by atoms with Gasteiger partial charge in [-0.15, -0.1) is 0 Å². The van der Waals surface area contributed by atoms with Crippen molar-refractivity contribution < 1.29 is 13.2 Å². The number of nitrogens with zero attached hydrogens (tertiary/aromatic N) is 1. The molecule has 0 aromatic heterocycles. The molecule has 2 N–H and O–H groups in total. The largest absolute Gasteiger partial charge is 0.342 e. The fourth-order valence-corrected chi connectivity index (χ4v) is 5.00. The Morgan fingerprint density at radius 2 is 1.71 bits per heavy atom. The lowest BCUT2D eigenvalue weighted by molar-refractivity contribution is -0.129. The topological polar surface area (TPSA) is 78.5 Å². The highest BCUT2D eigenvalue weighted by Crippen LogP contribution is 2.24. The van der Waals surface area contributed by atoms with Crippen molar-refractivity contribution in [2.75, 3.05) is 31.9 Å². The fourth-order valence-electron chi connectivity index (χ4n) is 3.66. The molecule has 7 heteroatoms. The maximum absolute atomic E-state index is 12.3. The summed E-state index contributed by atoms with van der Waals surface area (Å²) in [6, 6.07) is 0.00449. The summed E-state index contributed by atoms with van der Waals surface area (Å²) in [4.78, 5) is 14.0. The second-order valence-electron chi connectivity index (χ2n) is 7.47. The van der Waals surface area contributed by atoms with Crippen molar-refractivity contribution in [1.82, 2.24) is 14.9 Å². The molecule has 0 bridgehead atoms. The van der Waals surface area contributed by atoms with Gasteiger partial charge in [0.2, 0.25) is 15.9 Å². The Kier molecular flexibility index (Phi) is 7.50. The van der Waals surface area contributed by atoms with Gasteiger partial charge in [0.15, 0.2) is 0 Å². The maximum atomic E-state index is 12.3. The standard InChI is InChI=1S/C17H33N3O3S/c1-3-18-12-15-8-10-20(11-9-15)17(21)13-24(22,23)19-16-6-4-14(2)5-7-16/h14-16,18-19H,3-13H2,1-2H3.